The second-order valence-corrected chi connectivity index (χ2v) is 4.55. The Bertz CT molecular complexity index is 379. The Morgan fingerprint density at radius 3 is 2.53 bits per heavy atom. The third-order valence-electron chi connectivity index (χ3n) is 3.37. The average molecular weight is 229 g/mol. The summed E-state index contributed by atoms with van der Waals surface area (Å²) >= 11 is 0. The summed E-state index contributed by atoms with van der Waals surface area (Å²) in [5.74, 6) is 0.136. The lowest BCUT2D eigenvalue weighted by Crippen LogP contribution is -2.38. The Balaban J connectivity index is 2.15. The number of benzene rings is 1. The molecule has 1 aliphatic rings. The first-order valence-corrected chi connectivity index (χ1v) is 6.30. The van der Waals surface area contributed by atoms with Crippen molar-refractivity contribution >= 4 is 5.91 Å². The summed E-state index contributed by atoms with van der Waals surface area (Å²) in [6, 6.07) is 9.92. The van der Waals surface area contributed by atoms with Crippen molar-refractivity contribution in [1.29, 1.82) is 0 Å². The van der Waals surface area contributed by atoms with E-state index in [2.05, 4.69) is 6.58 Å². The predicted molar refractivity (Wildman–Crippen MR) is 69.9 cm³/mol. The van der Waals surface area contributed by atoms with Crippen LogP contribution in [0.1, 0.15) is 36.0 Å². The Hall–Kier alpha value is -1.57. The summed E-state index contributed by atoms with van der Waals surface area (Å²) in [7, 11) is 0. The maximum absolute atomic E-state index is 12.4. The van der Waals surface area contributed by atoms with Gasteiger partial charge in [-0.3, -0.25) is 4.79 Å². The highest BCUT2D eigenvalue weighted by molar-refractivity contribution is 5.94. The molecule has 1 aliphatic carbocycles. The van der Waals surface area contributed by atoms with Gasteiger partial charge in [-0.15, -0.1) is 6.58 Å². The Labute approximate surface area is 103 Å². The van der Waals surface area contributed by atoms with E-state index < -0.39 is 0 Å². The number of amides is 1. The molecular weight excluding hydrogens is 210 g/mol. The molecule has 1 aromatic rings. The van der Waals surface area contributed by atoms with Crippen LogP contribution in [0.15, 0.2) is 43.0 Å². The van der Waals surface area contributed by atoms with Crippen LogP contribution in [0, 0.1) is 0 Å². The zero-order valence-electron chi connectivity index (χ0n) is 10.1. The van der Waals surface area contributed by atoms with Gasteiger partial charge in [0.25, 0.3) is 5.91 Å². The number of hydrogen-bond acceptors (Lipinski definition) is 1. The van der Waals surface area contributed by atoms with E-state index in [1.54, 1.807) is 0 Å². The molecule has 17 heavy (non-hydrogen) atoms. The zero-order valence-corrected chi connectivity index (χ0v) is 10.1. The standard InChI is InChI=1S/C15H19NO/c1-2-12-16(14-10-6-7-11-14)15(17)13-8-4-3-5-9-13/h2-5,8-9,14H,1,6-7,10-12H2. The van der Waals surface area contributed by atoms with Crippen molar-refractivity contribution in [1.82, 2.24) is 4.90 Å². The quantitative estimate of drug-likeness (QED) is 0.726. The first kappa shape index (κ1) is 11.9. The molecule has 0 spiro atoms. The van der Waals surface area contributed by atoms with Crippen molar-refractivity contribution in [2.45, 2.75) is 31.7 Å². The maximum Gasteiger partial charge on any atom is 0.254 e. The first-order chi connectivity index (χ1) is 8.33. The van der Waals surface area contributed by atoms with Crippen LogP contribution in [0.2, 0.25) is 0 Å². The number of hydrogen-bond donors (Lipinski definition) is 0. The van der Waals surface area contributed by atoms with Gasteiger partial charge in [0, 0.05) is 18.2 Å². The molecule has 90 valence electrons. The molecule has 1 saturated carbocycles. The van der Waals surface area contributed by atoms with E-state index in [4.69, 9.17) is 0 Å². The van der Waals surface area contributed by atoms with Crippen molar-refractivity contribution in [2.24, 2.45) is 0 Å². The molecule has 0 atom stereocenters. The van der Waals surface area contributed by atoms with Crippen molar-refractivity contribution in [2.75, 3.05) is 6.54 Å². The molecule has 1 fully saturated rings. The number of nitrogens with zero attached hydrogens (tertiary/aromatic N) is 1. The third kappa shape index (κ3) is 2.76. The third-order valence-corrected chi connectivity index (χ3v) is 3.37. The molecule has 1 aromatic carbocycles. The Morgan fingerprint density at radius 2 is 1.94 bits per heavy atom. The molecule has 2 heteroatoms. The van der Waals surface area contributed by atoms with Gasteiger partial charge >= 0.3 is 0 Å². The van der Waals surface area contributed by atoms with Gasteiger partial charge in [0.2, 0.25) is 0 Å². The van der Waals surface area contributed by atoms with Gasteiger partial charge < -0.3 is 4.90 Å². The lowest BCUT2D eigenvalue weighted by molar-refractivity contribution is 0.0706. The van der Waals surface area contributed by atoms with Crippen molar-refractivity contribution < 1.29 is 4.79 Å². The molecule has 0 aromatic heterocycles. The van der Waals surface area contributed by atoms with E-state index in [1.807, 2.05) is 41.3 Å². The molecule has 2 rings (SSSR count). The van der Waals surface area contributed by atoms with Crippen LogP contribution in [0.4, 0.5) is 0 Å². The van der Waals surface area contributed by atoms with E-state index in [1.165, 1.54) is 12.8 Å². The Morgan fingerprint density at radius 1 is 1.29 bits per heavy atom. The molecule has 0 aliphatic heterocycles. The molecule has 0 unspecified atom stereocenters. The second kappa shape index (κ2) is 5.67. The van der Waals surface area contributed by atoms with Gasteiger partial charge in [-0.2, -0.15) is 0 Å². The highest BCUT2D eigenvalue weighted by atomic mass is 16.2. The maximum atomic E-state index is 12.4. The molecule has 2 nitrogen and oxygen atoms in total. The fourth-order valence-electron chi connectivity index (χ4n) is 2.50. The minimum Gasteiger partial charge on any atom is -0.332 e. The summed E-state index contributed by atoms with van der Waals surface area (Å²) in [5.41, 5.74) is 0.779. The topological polar surface area (TPSA) is 20.3 Å². The highest BCUT2D eigenvalue weighted by Gasteiger charge is 2.26. The lowest BCUT2D eigenvalue weighted by atomic mass is 10.1. The summed E-state index contributed by atoms with van der Waals surface area (Å²) in [4.78, 5) is 14.4. The van der Waals surface area contributed by atoms with Crippen LogP contribution in [-0.2, 0) is 0 Å². The SMILES string of the molecule is C=CCN(C(=O)c1ccccc1)C1CCCC1. The van der Waals surface area contributed by atoms with Crippen LogP contribution >= 0.6 is 0 Å². The molecular formula is C15H19NO. The van der Waals surface area contributed by atoms with E-state index in [0.717, 1.165) is 18.4 Å². The van der Waals surface area contributed by atoms with Crippen LogP contribution in [-0.4, -0.2) is 23.4 Å². The molecule has 0 radical (unpaired) electrons. The zero-order chi connectivity index (χ0) is 12.1. The second-order valence-electron chi connectivity index (χ2n) is 4.55. The van der Waals surface area contributed by atoms with Crippen molar-refractivity contribution in [3.63, 3.8) is 0 Å². The lowest BCUT2D eigenvalue weighted by Gasteiger charge is -2.28. The number of carbonyl (C=O) groups is 1. The average Bonchev–Trinajstić information content (AvgIpc) is 2.90. The van der Waals surface area contributed by atoms with Crippen LogP contribution in [0.5, 0.6) is 0 Å². The van der Waals surface area contributed by atoms with Crippen molar-refractivity contribution in [3.8, 4) is 0 Å². The molecule has 0 N–H and O–H groups in total. The fourth-order valence-corrected chi connectivity index (χ4v) is 2.50. The first-order valence-electron chi connectivity index (χ1n) is 6.30. The van der Waals surface area contributed by atoms with E-state index in [0.29, 0.717) is 12.6 Å². The smallest absolute Gasteiger partial charge is 0.254 e. The monoisotopic (exact) mass is 229 g/mol. The van der Waals surface area contributed by atoms with E-state index in [9.17, 15) is 4.79 Å². The van der Waals surface area contributed by atoms with Crippen LogP contribution in [0.25, 0.3) is 0 Å². The minimum atomic E-state index is 0.136. The van der Waals surface area contributed by atoms with Crippen molar-refractivity contribution in [3.05, 3.63) is 48.6 Å². The van der Waals surface area contributed by atoms with Gasteiger partial charge in [0.15, 0.2) is 0 Å². The highest BCUT2D eigenvalue weighted by Crippen LogP contribution is 2.24. The summed E-state index contributed by atoms with van der Waals surface area (Å²) < 4.78 is 0. The van der Waals surface area contributed by atoms with E-state index >= 15 is 0 Å². The van der Waals surface area contributed by atoms with E-state index in [-0.39, 0.29) is 5.91 Å². The Kier molecular flexibility index (Phi) is 3.97. The largest absolute Gasteiger partial charge is 0.332 e. The fraction of sp³-hybridized carbons (Fsp3) is 0.400. The number of rotatable bonds is 4. The van der Waals surface area contributed by atoms with Gasteiger partial charge in [0.05, 0.1) is 0 Å². The van der Waals surface area contributed by atoms with Gasteiger partial charge in [0.1, 0.15) is 0 Å². The normalized spacial score (nSPS) is 15.8. The minimum absolute atomic E-state index is 0.136. The summed E-state index contributed by atoms with van der Waals surface area (Å²) in [6.07, 6.45) is 6.55. The number of carbonyl (C=O) groups excluding carboxylic acids is 1. The molecule has 0 saturated heterocycles. The van der Waals surface area contributed by atoms with Crippen LogP contribution < -0.4 is 0 Å². The predicted octanol–water partition coefficient (Wildman–Crippen LogP) is 3.26. The van der Waals surface area contributed by atoms with Gasteiger partial charge in [-0.25, -0.2) is 0 Å². The summed E-state index contributed by atoms with van der Waals surface area (Å²) in [5, 5.41) is 0. The van der Waals surface area contributed by atoms with Crippen LogP contribution in [0.3, 0.4) is 0 Å². The molecule has 0 bridgehead atoms. The van der Waals surface area contributed by atoms with Gasteiger partial charge in [-0.1, -0.05) is 37.1 Å². The molecule has 0 heterocycles. The summed E-state index contributed by atoms with van der Waals surface area (Å²) in [6.45, 7) is 4.41. The molecule has 1 amide bonds. The van der Waals surface area contributed by atoms with Gasteiger partial charge in [-0.05, 0) is 25.0 Å².